The highest BCUT2D eigenvalue weighted by molar-refractivity contribution is 5.74. The molecule has 1 aromatic carbocycles. The van der Waals surface area contributed by atoms with Crippen molar-refractivity contribution in [1.29, 1.82) is 0 Å². The molecule has 0 N–H and O–H groups in total. The quantitative estimate of drug-likeness (QED) is 0.425. The lowest BCUT2D eigenvalue weighted by atomic mass is 10.2. The van der Waals surface area contributed by atoms with Gasteiger partial charge in [-0.3, -0.25) is 4.79 Å². The Bertz CT molecular complexity index is 372. The van der Waals surface area contributed by atoms with Crippen LogP contribution in [0.4, 0.5) is 0 Å². The molecule has 1 rings (SSSR count). The Morgan fingerprint density at radius 2 is 1.87 bits per heavy atom. The molecule has 15 heavy (non-hydrogen) atoms. The minimum atomic E-state index is 0.649. The molecule has 78 valence electrons. The minimum absolute atomic E-state index is 0.649. The fraction of sp³-hybridized carbons (Fsp3) is 0.154. The van der Waals surface area contributed by atoms with Gasteiger partial charge in [-0.25, -0.2) is 0 Å². The Balaban J connectivity index is 2.76. The van der Waals surface area contributed by atoms with Crippen LogP contribution >= 0.6 is 0 Å². The second kappa shape index (κ2) is 5.81. The molecule has 0 spiro atoms. The van der Waals surface area contributed by atoms with Crippen LogP contribution in [0.5, 0.6) is 5.75 Å². The molecule has 0 saturated carbocycles. The van der Waals surface area contributed by atoms with Gasteiger partial charge in [0.25, 0.3) is 0 Å². The molecule has 0 bridgehead atoms. The van der Waals surface area contributed by atoms with Gasteiger partial charge in [0, 0.05) is 5.56 Å². The van der Waals surface area contributed by atoms with Crippen molar-refractivity contribution in [3.8, 4) is 5.75 Å². The Labute approximate surface area is 89.9 Å². The van der Waals surface area contributed by atoms with Crippen LogP contribution in [0.15, 0.2) is 48.3 Å². The van der Waals surface area contributed by atoms with Crippen molar-refractivity contribution in [2.45, 2.75) is 13.8 Å². The van der Waals surface area contributed by atoms with Gasteiger partial charge in [0.05, 0.1) is 0 Å². The minimum Gasteiger partial charge on any atom is -0.458 e. The summed E-state index contributed by atoms with van der Waals surface area (Å²) in [6.45, 7) is 3.84. The van der Waals surface area contributed by atoms with E-state index in [4.69, 9.17) is 4.74 Å². The Morgan fingerprint density at radius 3 is 2.33 bits per heavy atom. The molecule has 0 saturated heterocycles. The number of aldehydes is 1. The van der Waals surface area contributed by atoms with E-state index in [-0.39, 0.29) is 0 Å². The number of rotatable bonds is 4. The van der Waals surface area contributed by atoms with Gasteiger partial charge in [0.2, 0.25) is 0 Å². The predicted octanol–water partition coefficient (Wildman–Crippen LogP) is 3.36. The van der Waals surface area contributed by atoms with Crippen molar-refractivity contribution in [3.63, 3.8) is 0 Å². The van der Waals surface area contributed by atoms with Gasteiger partial charge in [-0.05, 0) is 50.3 Å². The summed E-state index contributed by atoms with van der Waals surface area (Å²) in [6.07, 6.45) is 6.49. The number of hydrogen-bond acceptors (Lipinski definition) is 2. The van der Waals surface area contributed by atoms with Gasteiger partial charge in [0.15, 0.2) is 0 Å². The standard InChI is InChI=1S/C13H14O2/c1-3-5-12(4-2)15-13-8-6-11(10-14)7-9-13/h3-10H,1-2H3/b5-3-,12-4+. The molecule has 0 fully saturated rings. The molecule has 0 aliphatic heterocycles. The highest BCUT2D eigenvalue weighted by Gasteiger charge is 1.96. The van der Waals surface area contributed by atoms with Gasteiger partial charge in [-0.15, -0.1) is 0 Å². The SMILES string of the molecule is C/C=C\C(=C/C)Oc1ccc(C=O)cc1. The van der Waals surface area contributed by atoms with Crippen LogP contribution < -0.4 is 4.74 Å². The van der Waals surface area contributed by atoms with Crippen LogP contribution in [0.2, 0.25) is 0 Å². The molecule has 0 atom stereocenters. The van der Waals surface area contributed by atoms with E-state index in [0.717, 1.165) is 17.8 Å². The third-order valence-electron chi connectivity index (χ3n) is 1.87. The lowest BCUT2D eigenvalue weighted by Gasteiger charge is -2.05. The smallest absolute Gasteiger partial charge is 0.150 e. The molecular weight excluding hydrogens is 188 g/mol. The monoisotopic (exact) mass is 202 g/mol. The van der Waals surface area contributed by atoms with Gasteiger partial charge in [-0.1, -0.05) is 6.08 Å². The lowest BCUT2D eigenvalue weighted by molar-refractivity contribution is 0.112. The molecule has 0 aromatic heterocycles. The Kier molecular flexibility index (Phi) is 4.35. The van der Waals surface area contributed by atoms with E-state index in [9.17, 15) is 4.79 Å². The van der Waals surface area contributed by atoms with Crippen LogP contribution in [0.25, 0.3) is 0 Å². The van der Waals surface area contributed by atoms with E-state index in [0.29, 0.717) is 5.56 Å². The Hall–Kier alpha value is -1.83. The summed E-state index contributed by atoms with van der Waals surface area (Å²) < 4.78 is 5.56. The molecule has 0 unspecified atom stereocenters. The van der Waals surface area contributed by atoms with Crippen molar-refractivity contribution < 1.29 is 9.53 Å². The maximum atomic E-state index is 10.4. The number of hydrogen-bond donors (Lipinski definition) is 0. The third kappa shape index (κ3) is 3.43. The van der Waals surface area contributed by atoms with E-state index in [1.54, 1.807) is 24.3 Å². The first kappa shape index (κ1) is 11.2. The number of carbonyl (C=O) groups is 1. The molecule has 0 aliphatic rings. The Morgan fingerprint density at radius 1 is 1.20 bits per heavy atom. The lowest BCUT2D eigenvalue weighted by Crippen LogP contribution is -1.91. The molecular formula is C13H14O2. The highest BCUT2D eigenvalue weighted by atomic mass is 16.5. The summed E-state index contributed by atoms with van der Waals surface area (Å²) in [6, 6.07) is 7.00. The first-order valence-electron chi connectivity index (χ1n) is 4.82. The van der Waals surface area contributed by atoms with Crippen molar-refractivity contribution in [2.75, 3.05) is 0 Å². The fourth-order valence-electron chi connectivity index (χ4n) is 1.10. The van der Waals surface area contributed by atoms with E-state index in [1.165, 1.54) is 0 Å². The second-order valence-corrected chi connectivity index (χ2v) is 2.98. The van der Waals surface area contributed by atoms with Crippen molar-refractivity contribution in [1.82, 2.24) is 0 Å². The zero-order chi connectivity index (χ0) is 11.1. The third-order valence-corrected chi connectivity index (χ3v) is 1.87. The molecule has 0 heterocycles. The first-order chi connectivity index (χ1) is 7.30. The largest absolute Gasteiger partial charge is 0.458 e. The number of ether oxygens (including phenoxy) is 1. The zero-order valence-corrected chi connectivity index (χ0v) is 8.94. The summed E-state index contributed by atoms with van der Waals surface area (Å²) in [5, 5.41) is 0. The molecule has 0 amide bonds. The molecule has 2 nitrogen and oxygen atoms in total. The molecule has 0 aliphatic carbocycles. The van der Waals surface area contributed by atoms with Crippen LogP contribution in [0.3, 0.4) is 0 Å². The van der Waals surface area contributed by atoms with E-state index in [2.05, 4.69) is 0 Å². The summed E-state index contributed by atoms with van der Waals surface area (Å²) in [5.74, 6) is 1.52. The van der Waals surface area contributed by atoms with E-state index < -0.39 is 0 Å². The van der Waals surface area contributed by atoms with Crippen LogP contribution in [0, 0.1) is 0 Å². The maximum absolute atomic E-state index is 10.4. The predicted molar refractivity (Wildman–Crippen MR) is 61.0 cm³/mol. The average molecular weight is 202 g/mol. The number of carbonyl (C=O) groups excluding carboxylic acids is 1. The van der Waals surface area contributed by atoms with Gasteiger partial charge in [0.1, 0.15) is 17.8 Å². The van der Waals surface area contributed by atoms with Crippen molar-refractivity contribution in [3.05, 3.63) is 53.8 Å². The van der Waals surface area contributed by atoms with Gasteiger partial charge >= 0.3 is 0 Å². The maximum Gasteiger partial charge on any atom is 0.150 e. The number of allylic oxidation sites excluding steroid dienone is 3. The van der Waals surface area contributed by atoms with E-state index in [1.807, 2.05) is 32.1 Å². The summed E-state index contributed by atoms with van der Waals surface area (Å²) in [7, 11) is 0. The van der Waals surface area contributed by atoms with Crippen molar-refractivity contribution in [2.24, 2.45) is 0 Å². The fourth-order valence-corrected chi connectivity index (χ4v) is 1.10. The van der Waals surface area contributed by atoms with Crippen LogP contribution in [-0.2, 0) is 0 Å². The van der Waals surface area contributed by atoms with Crippen molar-refractivity contribution >= 4 is 6.29 Å². The highest BCUT2D eigenvalue weighted by Crippen LogP contribution is 2.15. The molecule has 1 aromatic rings. The number of benzene rings is 1. The second-order valence-electron chi connectivity index (χ2n) is 2.98. The topological polar surface area (TPSA) is 26.3 Å². The average Bonchev–Trinajstić information content (AvgIpc) is 2.29. The zero-order valence-electron chi connectivity index (χ0n) is 8.94. The molecule has 0 radical (unpaired) electrons. The first-order valence-corrected chi connectivity index (χ1v) is 4.82. The van der Waals surface area contributed by atoms with Gasteiger partial charge in [-0.2, -0.15) is 0 Å². The van der Waals surface area contributed by atoms with Crippen LogP contribution in [0.1, 0.15) is 24.2 Å². The summed E-state index contributed by atoms with van der Waals surface area (Å²) in [4.78, 5) is 10.4. The summed E-state index contributed by atoms with van der Waals surface area (Å²) >= 11 is 0. The normalized spacial score (nSPS) is 11.7. The van der Waals surface area contributed by atoms with E-state index >= 15 is 0 Å². The molecule has 2 heteroatoms. The summed E-state index contributed by atoms with van der Waals surface area (Å²) in [5.41, 5.74) is 0.649. The van der Waals surface area contributed by atoms with Crippen LogP contribution in [-0.4, -0.2) is 6.29 Å². The van der Waals surface area contributed by atoms with Gasteiger partial charge < -0.3 is 4.74 Å².